The normalized spacial score (nSPS) is 11.0. The minimum Gasteiger partial charge on any atom is -0.341 e. The van der Waals surface area contributed by atoms with Crippen LogP contribution >= 0.6 is 23.4 Å². The van der Waals surface area contributed by atoms with E-state index in [9.17, 15) is 4.79 Å². The van der Waals surface area contributed by atoms with Crippen molar-refractivity contribution in [2.24, 2.45) is 0 Å². The van der Waals surface area contributed by atoms with Gasteiger partial charge in [-0.1, -0.05) is 35.5 Å². The van der Waals surface area contributed by atoms with Crippen molar-refractivity contribution >= 4 is 34.5 Å². The van der Waals surface area contributed by atoms with Crippen LogP contribution in [-0.4, -0.2) is 19.9 Å². The monoisotopic (exact) mass is 292 g/mol. The predicted octanol–water partition coefficient (Wildman–Crippen LogP) is 2.59. The number of benzene rings is 1. The molecule has 3 rings (SSSR count). The van der Waals surface area contributed by atoms with Crippen molar-refractivity contribution in [3.63, 3.8) is 0 Å². The number of nitrogens with zero attached hydrogens (tertiary/aromatic N) is 2. The summed E-state index contributed by atoms with van der Waals surface area (Å²) in [6, 6.07) is 7.60. The maximum atomic E-state index is 11.4. The Morgan fingerprint density at radius 2 is 2.26 bits per heavy atom. The third kappa shape index (κ3) is 2.64. The largest absolute Gasteiger partial charge is 0.347 e. The lowest BCUT2D eigenvalue weighted by Crippen LogP contribution is -2.10. The van der Waals surface area contributed by atoms with Crippen LogP contribution in [0.25, 0.3) is 11.2 Å². The van der Waals surface area contributed by atoms with E-state index in [1.165, 1.54) is 18.1 Å². The Balaban J connectivity index is 1.89. The molecule has 0 radical (unpaired) electrons. The molecule has 0 fully saturated rings. The van der Waals surface area contributed by atoms with Gasteiger partial charge in [0.2, 0.25) is 0 Å². The van der Waals surface area contributed by atoms with E-state index in [4.69, 9.17) is 11.6 Å². The maximum absolute atomic E-state index is 11.4. The molecule has 0 saturated heterocycles. The number of H-pyrrole nitrogens is 2. The molecule has 0 aliphatic carbocycles. The molecule has 0 unspecified atom stereocenters. The van der Waals surface area contributed by atoms with Crippen LogP contribution in [0.15, 0.2) is 40.4 Å². The van der Waals surface area contributed by atoms with E-state index in [1.54, 1.807) is 0 Å². The Bertz CT molecular complexity index is 782. The smallest absolute Gasteiger partial charge is 0.341 e. The SMILES string of the molecule is O=c1nc(SCc2cccc(Cl)c2)c2[nH]cnc2[nH]1. The Hall–Kier alpha value is -1.79. The Morgan fingerprint density at radius 3 is 3.11 bits per heavy atom. The van der Waals surface area contributed by atoms with Gasteiger partial charge in [-0.05, 0) is 17.7 Å². The minimum absolute atomic E-state index is 0.395. The quantitative estimate of drug-likeness (QED) is 0.575. The maximum Gasteiger partial charge on any atom is 0.347 e. The van der Waals surface area contributed by atoms with Crippen molar-refractivity contribution < 1.29 is 0 Å². The summed E-state index contributed by atoms with van der Waals surface area (Å²) in [5.74, 6) is 0.686. The number of imidazole rings is 1. The Labute approximate surface area is 117 Å². The van der Waals surface area contributed by atoms with Gasteiger partial charge in [0, 0.05) is 10.8 Å². The molecule has 7 heteroatoms. The molecule has 0 spiro atoms. The molecule has 0 aliphatic heterocycles. The summed E-state index contributed by atoms with van der Waals surface area (Å²) in [6.07, 6.45) is 1.53. The zero-order valence-electron chi connectivity index (χ0n) is 9.68. The van der Waals surface area contributed by atoms with E-state index in [1.807, 2.05) is 24.3 Å². The summed E-state index contributed by atoms with van der Waals surface area (Å²) in [5.41, 5.74) is 1.95. The van der Waals surface area contributed by atoms with Gasteiger partial charge in [0.15, 0.2) is 5.65 Å². The number of aromatic nitrogens is 4. The lowest BCUT2D eigenvalue weighted by atomic mass is 10.2. The highest BCUT2D eigenvalue weighted by atomic mass is 35.5. The first-order chi connectivity index (χ1) is 9.22. The van der Waals surface area contributed by atoms with Crippen molar-refractivity contribution in [1.82, 2.24) is 19.9 Å². The summed E-state index contributed by atoms with van der Waals surface area (Å²) in [7, 11) is 0. The van der Waals surface area contributed by atoms with E-state index >= 15 is 0 Å². The molecule has 0 amide bonds. The molecule has 2 N–H and O–H groups in total. The average molecular weight is 293 g/mol. The van der Waals surface area contributed by atoms with Gasteiger partial charge in [0.25, 0.3) is 0 Å². The van der Waals surface area contributed by atoms with Gasteiger partial charge in [-0.2, -0.15) is 4.98 Å². The van der Waals surface area contributed by atoms with Gasteiger partial charge in [0.1, 0.15) is 10.5 Å². The van der Waals surface area contributed by atoms with Crippen LogP contribution in [0, 0.1) is 0 Å². The number of hydrogen-bond acceptors (Lipinski definition) is 4. The second-order valence-corrected chi connectivity index (χ2v) is 5.29. The molecule has 1 aromatic carbocycles. The summed E-state index contributed by atoms with van der Waals surface area (Å²) in [4.78, 5) is 24.9. The number of fused-ring (bicyclic) bond motifs is 1. The average Bonchev–Trinajstić information content (AvgIpc) is 2.84. The fraction of sp³-hybridized carbons (Fsp3) is 0.0833. The number of aromatic amines is 2. The summed E-state index contributed by atoms with van der Waals surface area (Å²) >= 11 is 7.40. The van der Waals surface area contributed by atoms with E-state index in [-0.39, 0.29) is 0 Å². The van der Waals surface area contributed by atoms with Gasteiger partial charge in [-0.25, -0.2) is 9.78 Å². The van der Waals surface area contributed by atoms with E-state index in [0.717, 1.165) is 11.1 Å². The zero-order chi connectivity index (χ0) is 13.2. The summed E-state index contributed by atoms with van der Waals surface area (Å²) < 4.78 is 0. The third-order valence-corrected chi connectivity index (χ3v) is 3.83. The zero-order valence-corrected chi connectivity index (χ0v) is 11.3. The molecule has 0 atom stereocenters. The van der Waals surface area contributed by atoms with Crippen LogP contribution in [0.5, 0.6) is 0 Å². The highest BCUT2D eigenvalue weighted by Gasteiger charge is 2.08. The van der Waals surface area contributed by atoms with Crippen LogP contribution in [0.1, 0.15) is 5.56 Å². The summed E-state index contributed by atoms with van der Waals surface area (Å²) in [5, 5.41) is 1.33. The number of halogens is 1. The molecule has 5 nitrogen and oxygen atoms in total. The standard InChI is InChI=1S/C12H9ClN4OS/c13-8-3-1-2-7(4-8)5-19-11-9-10(15-6-14-9)16-12(18)17-11/h1-4,6H,5H2,(H2,14,15,16,17,18). The molecule has 2 heterocycles. The topological polar surface area (TPSA) is 74.4 Å². The van der Waals surface area contributed by atoms with Crippen molar-refractivity contribution in [2.75, 3.05) is 0 Å². The van der Waals surface area contributed by atoms with Gasteiger partial charge in [0.05, 0.1) is 6.33 Å². The van der Waals surface area contributed by atoms with Crippen LogP contribution in [0.3, 0.4) is 0 Å². The van der Waals surface area contributed by atoms with Crippen molar-refractivity contribution in [2.45, 2.75) is 10.8 Å². The van der Waals surface area contributed by atoms with Gasteiger partial charge >= 0.3 is 5.69 Å². The number of nitrogens with one attached hydrogen (secondary N) is 2. The Kier molecular flexibility index (Phi) is 3.27. The lowest BCUT2D eigenvalue weighted by Gasteiger charge is -2.02. The van der Waals surface area contributed by atoms with Gasteiger partial charge in [-0.3, -0.25) is 4.98 Å². The number of rotatable bonds is 3. The second kappa shape index (κ2) is 5.07. The first kappa shape index (κ1) is 12.3. The van der Waals surface area contributed by atoms with Crippen LogP contribution < -0.4 is 5.69 Å². The molecular formula is C12H9ClN4OS. The first-order valence-corrected chi connectivity index (χ1v) is 6.89. The molecule has 96 valence electrons. The highest BCUT2D eigenvalue weighted by Crippen LogP contribution is 2.25. The first-order valence-electron chi connectivity index (χ1n) is 5.53. The van der Waals surface area contributed by atoms with E-state index in [2.05, 4.69) is 19.9 Å². The van der Waals surface area contributed by atoms with Crippen molar-refractivity contribution in [3.05, 3.63) is 51.7 Å². The second-order valence-electron chi connectivity index (χ2n) is 3.89. The minimum atomic E-state index is -0.395. The van der Waals surface area contributed by atoms with Gasteiger partial charge < -0.3 is 4.98 Å². The van der Waals surface area contributed by atoms with Crippen molar-refractivity contribution in [1.29, 1.82) is 0 Å². The summed E-state index contributed by atoms with van der Waals surface area (Å²) in [6.45, 7) is 0. The van der Waals surface area contributed by atoms with Crippen LogP contribution in [-0.2, 0) is 5.75 Å². The lowest BCUT2D eigenvalue weighted by molar-refractivity contribution is 1.01. The molecule has 19 heavy (non-hydrogen) atoms. The van der Waals surface area contributed by atoms with E-state index < -0.39 is 5.69 Å². The number of hydrogen-bond donors (Lipinski definition) is 2. The Morgan fingerprint density at radius 1 is 1.37 bits per heavy atom. The molecule has 0 aliphatic rings. The molecule has 2 aromatic heterocycles. The van der Waals surface area contributed by atoms with Crippen LogP contribution in [0.2, 0.25) is 5.02 Å². The molecule has 0 bridgehead atoms. The van der Waals surface area contributed by atoms with E-state index in [0.29, 0.717) is 21.4 Å². The third-order valence-electron chi connectivity index (χ3n) is 2.55. The number of thioether (sulfide) groups is 1. The highest BCUT2D eigenvalue weighted by molar-refractivity contribution is 7.98. The fourth-order valence-electron chi connectivity index (χ4n) is 1.71. The fourth-order valence-corrected chi connectivity index (χ4v) is 2.86. The van der Waals surface area contributed by atoms with Gasteiger partial charge in [-0.15, -0.1) is 0 Å². The van der Waals surface area contributed by atoms with Crippen molar-refractivity contribution in [3.8, 4) is 0 Å². The molecule has 0 saturated carbocycles. The predicted molar refractivity (Wildman–Crippen MR) is 75.5 cm³/mol. The van der Waals surface area contributed by atoms with Crippen LogP contribution in [0.4, 0.5) is 0 Å². The molecule has 3 aromatic rings. The molecular weight excluding hydrogens is 284 g/mol.